The molecule has 2 amide bonds. The first-order chi connectivity index (χ1) is 13.9. The Kier molecular flexibility index (Phi) is 6.45. The molecule has 4 N–H and O–H groups in total. The van der Waals surface area contributed by atoms with Crippen LogP contribution in [0.25, 0.3) is 0 Å². The second kappa shape index (κ2) is 9.20. The van der Waals surface area contributed by atoms with E-state index < -0.39 is 17.1 Å². The van der Waals surface area contributed by atoms with Crippen molar-refractivity contribution in [2.75, 3.05) is 5.84 Å². The zero-order valence-corrected chi connectivity index (χ0v) is 16.3. The minimum Gasteiger partial charge on any atom is -0.336 e. The smallest absolute Gasteiger partial charge is 0.269 e. The number of nitrogens with one attached hydrogen (secondary N) is 2. The summed E-state index contributed by atoms with van der Waals surface area (Å²) in [6.07, 6.45) is 0.373. The average molecular weight is 414 g/mol. The van der Waals surface area contributed by atoms with E-state index in [1.165, 1.54) is 16.8 Å². The lowest BCUT2D eigenvalue weighted by molar-refractivity contribution is -0.121. The number of thioether (sulfide) groups is 1. The molecule has 3 rings (SSSR count). The number of hydrogen-bond acceptors (Lipinski definition) is 6. The monoisotopic (exact) mass is 414 g/mol. The molecule has 1 heterocycles. The van der Waals surface area contributed by atoms with Gasteiger partial charge in [0.1, 0.15) is 5.82 Å². The van der Waals surface area contributed by atoms with E-state index >= 15 is 0 Å². The van der Waals surface area contributed by atoms with Crippen LogP contribution in [0.5, 0.6) is 0 Å². The molecule has 1 atom stereocenters. The molecule has 0 fully saturated rings. The van der Waals surface area contributed by atoms with Gasteiger partial charge in [-0.2, -0.15) is 0 Å². The van der Waals surface area contributed by atoms with Crippen molar-refractivity contribution in [3.63, 3.8) is 0 Å². The Bertz CT molecular complexity index is 994. The van der Waals surface area contributed by atoms with E-state index in [9.17, 15) is 14.0 Å². The van der Waals surface area contributed by atoms with Crippen LogP contribution in [0.3, 0.4) is 0 Å². The van der Waals surface area contributed by atoms with Gasteiger partial charge in [0.2, 0.25) is 5.16 Å². The molecule has 1 aromatic heterocycles. The molecule has 0 aliphatic carbocycles. The van der Waals surface area contributed by atoms with Crippen molar-refractivity contribution in [3.05, 3.63) is 77.4 Å². The van der Waals surface area contributed by atoms with Crippen molar-refractivity contribution in [1.82, 2.24) is 25.7 Å². The Morgan fingerprint density at radius 1 is 1.10 bits per heavy atom. The van der Waals surface area contributed by atoms with Crippen LogP contribution in [0.15, 0.2) is 59.8 Å². The molecule has 3 aromatic rings. The molecular formula is C19H19FN6O2S. The summed E-state index contributed by atoms with van der Waals surface area (Å²) in [5, 5.41) is 7.80. The van der Waals surface area contributed by atoms with E-state index in [0.717, 1.165) is 17.3 Å². The Balaban J connectivity index is 1.55. The number of rotatable bonds is 6. The van der Waals surface area contributed by atoms with Gasteiger partial charge in [-0.15, -0.1) is 10.2 Å². The Hall–Kier alpha value is -3.40. The predicted octanol–water partition coefficient (Wildman–Crippen LogP) is 1.66. The third-order valence-corrected chi connectivity index (χ3v) is 5.05. The molecule has 29 heavy (non-hydrogen) atoms. The maximum atomic E-state index is 13.0. The summed E-state index contributed by atoms with van der Waals surface area (Å²) in [5.41, 5.74) is 6.01. The summed E-state index contributed by atoms with van der Waals surface area (Å²) in [6, 6.07) is 14.5. The number of hydrazine groups is 1. The second-order valence-electron chi connectivity index (χ2n) is 6.14. The molecule has 0 unspecified atom stereocenters. The second-order valence-corrected chi connectivity index (χ2v) is 7.45. The lowest BCUT2D eigenvalue weighted by atomic mass is 10.1. The van der Waals surface area contributed by atoms with Crippen molar-refractivity contribution in [2.45, 2.75) is 23.8 Å². The van der Waals surface area contributed by atoms with E-state index in [0.29, 0.717) is 23.0 Å². The first kappa shape index (κ1) is 20.3. The minimum atomic E-state index is -0.587. The van der Waals surface area contributed by atoms with Gasteiger partial charge < -0.3 is 5.84 Å². The lowest BCUT2D eigenvalue weighted by Crippen LogP contribution is -2.45. The summed E-state index contributed by atoms with van der Waals surface area (Å²) in [5.74, 6) is 5.35. The largest absolute Gasteiger partial charge is 0.336 e. The van der Waals surface area contributed by atoms with E-state index in [1.54, 1.807) is 49.4 Å². The van der Waals surface area contributed by atoms with Gasteiger partial charge in [-0.05, 0) is 36.8 Å². The molecule has 0 spiro atoms. The maximum Gasteiger partial charge on any atom is 0.269 e. The minimum absolute atomic E-state index is 0.321. The summed E-state index contributed by atoms with van der Waals surface area (Å²) in [6.45, 7) is 1.66. The molecule has 0 aliphatic heterocycles. The number of hydrogen-bond donors (Lipinski definition) is 3. The number of carbonyl (C=O) groups excluding carboxylic acids is 2. The summed E-state index contributed by atoms with van der Waals surface area (Å²) < 4.78 is 14.3. The van der Waals surface area contributed by atoms with Gasteiger partial charge in [0.05, 0.1) is 5.25 Å². The normalized spacial score (nSPS) is 11.7. The van der Waals surface area contributed by atoms with E-state index in [2.05, 4.69) is 21.0 Å². The summed E-state index contributed by atoms with van der Waals surface area (Å²) >= 11 is 1.10. The van der Waals surface area contributed by atoms with Crippen LogP contribution in [-0.4, -0.2) is 31.9 Å². The molecule has 2 aromatic carbocycles. The summed E-state index contributed by atoms with van der Waals surface area (Å²) in [4.78, 5) is 24.2. The van der Waals surface area contributed by atoms with Gasteiger partial charge in [0.15, 0.2) is 5.82 Å². The van der Waals surface area contributed by atoms with Crippen LogP contribution in [-0.2, 0) is 11.2 Å². The van der Waals surface area contributed by atoms with E-state index in [4.69, 9.17) is 5.84 Å². The highest BCUT2D eigenvalue weighted by molar-refractivity contribution is 8.00. The third-order valence-electron chi connectivity index (χ3n) is 4.00. The quantitative estimate of drug-likeness (QED) is 0.321. The van der Waals surface area contributed by atoms with Crippen LogP contribution in [0.2, 0.25) is 0 Å². The molecule has 150 valence electrons. The van der Waals surface area contributed by atoms with Crippen LogP contribution in [0.1, 0.15) is 28.7 Å². The SMILES string of the molecule is C[C@@H](Sc1nnc(Cc2ccc(F)cc2)n1N)C(=O)NNC(=O)c1ccccc1. The van der Waals surface area contributed by atoms with Gasteiger partial charge >= 0.3 is 0 Å². The highest BCUT2D eigenvalue weighted by Crippen LogP contribution is 2.21. The molecule has 10 heteroatoms. The number of aromatic nitrogens is 3. The highest BCUT2D eigenvalue weighted by atomic mass is 32.2. The summed E-state index contributed by atoms with van der Waals surface area (Å²) in [7, 11) is 0. The van der Waals surface area contributed by atoms with Gasteiger partial charge in [0.25, 0.3) is 11.8 Å². The van der Waals surface area contributed by atoms with Crippen molar-refractivity contribution in [3.8, 4) is 0 Å². The zero-order chi connectivity index (χ0) is 20.8. The Morgan fingerprint density at radius 3 is 2.48 bits per heavy atom. The maximum absolute atomic E-state index is 13.0. The van der Waals surface area contributed by atoms with Crippen molar-refractivity contribution >= 4 is 23.6 Å². The number of halogens is 1. The zero-order valence-electron chi connectivity index (χ0n) is 15.5. The predicted molar refractivity (Wildman–Crippen MR) is 107 cm³/mol. The molecular weight excluding hydrogens is 395 g/mol. The van der Waals surface area contributed by atoms with Gasteiger partial charge in [-0.25, -0.2) is 9.07 Å². The third kappa shape index (κ3) is 5.32. The van der Waals surface area contributed by atoms with Crippen molar-refractivity contribution in [1.29, 1.82) is 0 Å². The van der Waals surface area contributed by atoms with Crippen molar-refractivity contribution < 1.29 is 14.0 Å². The standard InChI is InChI=1S/C19H19FN6O2S/c1-12(17(27)23-24-18(28)14-5-3-2-4-6-14)29-19-25-22-16(26(19)21)11-13-7-9-15(20)10-8-13/h2-10,12H,11,21H2,1H3,(H,23,27)(H,24,28)/t12-/m1/s1. The van der Waals surface area contributed by atoms with Crippen LogP contribution >= 0.6 is 11.8 Å². The molecule has 0 radical (unpaired) electrons. The fraction of sp³-hybridized carbons (Fsp3) is 0.158. The van der Waals surface area contributed by atoms with Crippen LogP contribution < -0.4 is 16.7 Å². The number of carbonyl (C=O) groups is 2. The molecule has 0 aliphatic rings. The number of benzene rings is 2. The molecule has 0 saturated heterocycles. The fourth-order valence-corrected chi connectivity index (χ4v) is 3.18. The first-order valence-electron chi connectivity index (χ1n) is 8.69. The fourth-order valence-electron chi connectivity index (χ4n) is 2.39. The van der Waals surface area contributed by atoms with Gasteiger partial charge in [-0.3, -0.25) is 20.4 Å². The Labute approximate surface area is 170 Å². The number of amides is 2. The van der Waals surface area contributed by atoms with Crippen LogP contribution in [0, 0.1) is 5.82 Å². The topological polar surface area (TPSA) is 115 Å². The van der Waals surface area contributed by atoms with E-state index in [1.807, 2.05) is 0 Å². The molecule has 0 bridgehead atoms. The highest BCUT2D eigenvalue weighted by Gasteiger charge is 2.20. The van der Waals surface area contributed by atoms with Crippen LogP contribution in [0.4, 0.5) is 4.39 Å². The molecule has 0 saturated carbocycles. The van der Waals surface area contributed by atoms with E-state index in [-0.39, 0.29) is 5.82 Å². The number of nitrogens with two attached hydrogens (primary N) is 1. The number of nitrogens with zero attached hydrogens (tertiary/aromatic N) is 3. The van der Waals surface area contributed by atoms with Gasteiger partial charge in [-0.1, -0.05) is 42.1 Å². The Morgan fingerprint density at radius 2 is 1.79 bits per heavy atom. The number of nitrogen functional groups attached to an aromatic ring is 1. The van der Waals surface area contributed by atoms with Crippen molar-refractivity contribution in [2.24, 2.45) is 0 Å². The van der Waals surface area contributed by atoms with Gasteiger partial charge in [0, 0.05) is 12.0 Å². The average Bonchev–Trinajstić information content (AvgIpc) is 3.07. The lowest BCUT2D eigenvalue weighted by Gasteiger charge is -2.12. The first-order valence-corrected chi connectivity index (χ1v) is 9.57. The molecule has 8 nitrogen and oxygen atoms in total.